The van der Waals surface area contributed by atoms with Gasteiger partial charge in [-0.25, -0.2) is 9.97 Å². The highest BCUT2D eigenvalue weighted by Gasteiger charge is 2.24. The second-order valence-electron chi connectivity index (χ2n) is 7.30. The largest absolute Gasteiger partial charge is 0.354 e. The molecule has 0 bridgehead atoms. The molecule has 0 radical (unpaired) electrons. The number of hydrogen-bond donors (Lipinski definition) is 2. The molecule has 0 aliphatic carbocycles. The average molecular weight is 401 g/mol. The molecule has 150 valence electrons. The third kappa shape index (κ3) is 3.00. The van der Waals surface area contributed by atoms with Gasteiger partial charge in [0.2, 0.25) is 11.9 Å². The lowest BCUT2D eigenvalue weighted by molar-refractivity contribution is -0.121. The van der Waals surface area contributed by atoms with E-state index in [0.29, 0.717) is 46.9 Å². The number of hydrogen-bond acceptors (Lipinski definition) is 7. The SMILES string of the molecule is Cn1cc(-c2nc3c4c(C#N)cccc4nc(N[C@@H]4CCCCNC4=O)n3n2)cn1. The fourth-order valence-corrected chi connectivity index (χ4v) is 3.73. The van der Waals surface area contributed by atoms with Crippen molar-refractivity contribution in [2.75, 3.05) is 11.9 Å². The zero-order valence-electron chi connectivity index (χ0n) is 16.3. The maximum absolute atomic E-state index is 12.4. The number of benzene rings is 1. The molecule has 30 heavy (non-hydrogen) atoms. The minimum atomic E-state index is -0.411. The van der Waals surface area contributed by atoms with Crippen LogP contribution in [0, 0.1) is 11.3 Å². The van der Waals surface area contributed by atoms with Crippen molar-refractivity contribution < 1.29 is 4.79 Å². The fourth-order valence-electron chi connectivity index (χ4n) is 3.73. The normalized spacial score (nSPS) is 16.9. The predicted octanol–water partition coefficient (Wildman–Crippen LogP) is 1.63. The first-order chi connectivity index (χ1) is 14.6. The first-order valence-electron chi connectivity index (χ1n) is 9.77. The molecule has 1 atom stereocenters. The molecule has 0 saturated carbocycles. The quantitative estimate of drug-likeness (QED) is 0.534. The molecule has 1 fully saturated rings. The van der Waals surface area contributed by atoms with E-state index in [-0.39, 0.29) is 5.91 Å². The van der Waals surface area contributed by atoms with Crippen LogP contribution in [-0.4, -0.2) is 47.9 Å². The van der Waals surface area contributed by atoms with Gasteiger partial charge in [0.1, 0.15) is 6.04 Å². The van der Waals surface area contributed by atoms with Gasteiger partial charge in [-0.1, -0.05) is 6.07 Å². The summed E-state index contributed by atoms with van der Waals surface area (Å²) < 4.78 is 3.25. The van der Waals surface area contributed by atoms with Gasteiger partial charge in [-0.05, 0) is 31.4 Å². The van der Waals surface area contributed by atoms with E-state index in [2.05, 4.69) is 31.9 Å². The topological polar surface area (TPSA) is 126 Å². The van der Waals surface area contributed by atoms with Crippen LogP contribution >= 0.6 is 0 Å². The van der Waals surface area contributed by atoms with Gasteiger partial charge in [-0.3, -0.25) is 9.48 Å². The molecule has 10 heteroatoms. The molecule has 1 aliphatic heterocycles. The van der Waals surface area contributed by atoms with Crippen LogP contribution in [0.2, 0.25) is 0 Å². The van der Waals surface area contributed by atoms with Crippen LogP contribution in [0.15, 0.2) is 30.6 Å². The van der Waals surface area contributed by atoms with Gasteiger partial charge < -0.3 is 10.6 Å². The van der Waals surface area contributed by atoms with Crippen LogP contribution in [-0.2, 0) is 11.8 Å². The summed E-state index contributed by atoms with van der Waals surface area (Å²) >= 11 is 0. The number of fused-ring (bicyclic) bond motifs is 3. The Balaban J connectivity index is 1.72. The van der Waals surface area contributed by atoms with Crippen molar-refractivity contribution in [2.45, 2.75) is 25.3 Å². The molecule has 10 nitrogen and oxygen atoms in total. The second kappa shape index (κ2) is 7.11. The monoisotopic (exact) mass is 401 g/mol. The Morgan fingerprint density at radius 2 is 2.20 bits per heavy atom. The van der Waals surface area contributed by atoms with Crippen molar-refractivity contribution in [3.8, 4) is 17.5 Å². The molecule has 4 aromatic rings. The molecule has 3 aromatic heterocycles. The Kier molecular flexibility index (Phi) is 4.28. The number of rotatable bonds is 3. The van der Waals surface area contributed by atoms with Crippen molar-refractivity contribution >= 4 is 28.4 Å². The van der Waals surface area contributed by atoms with Gasteiger partial charge in [0.05, 0.1) is 34.3 Å². The Morgan fingerprint density at radius 1 is 1.30 bits per heavy atom. The predicted molar refractivity (Wildman–Crippen MR) is 109 cm³/mol. The van der Waals surface area contributed by atoms with Gasteiger partial charge in [0, 0.05) is 19.8 Å². The zero-order valence-corrected chi connectivity index (χ0v) is 16.3. The van der Waals surface area contributed by atoms with Gasteiger partial charge in [-0.2, -0.15) is 14.9 Å². The van der Waals surface area contributed by atoms with E-state index in [4.69, 9.17) is 4.98 Å². The molecule has 1 saturated heterocycles. The molecule has 0 unspecified atom stereocenters. The number of nitrogens with one attached hydrogen (secondary N) is 2. The molecular weight excluding hydrogens is 382 g/mol. The summed E-state index contributed by atoms with van der Waals surface area (Å²) in [6, 6.07) is 7.14. The maximum atomic E-state index is 12.4. The van der Waals surface area contributed by atoms with Gasteiger partial charge in [0.15, 0.2) is 11.5 Å². The van der Waals surface area contributed by atoms with E-state index < -0.39 is 6.04 Å². The van der Waals surface area contributed by atoms with Crippen LogP contribution in [0.1, 0.15) is 24.8 Å². The average Bonchev–Trinajstić information content (AvgIpc) is 3.33. The highest BCUT2D eigenvalue weighted by molar-refractivity contribution is 5.97. The standard InChI is InChI=1S/C20H19N9O/c1-28-11-13(10-23-28)17-26-18-16-12(9-21)5-4-7-14(16)24-20(29(18)27-17)25-15-6-2-3-8-22-19(15)30/h4-5,7,10-11,15H,2-3,6,8H2,1H3,(H,22,30)(H,24,25)/t15-/m1/s1. The molecule has 1 aromatic carbocycles. The number of nitriles is 1. The minimum absolute atomic E-state index is 0.0547. The van der Waals surface area contributed by atoms with Crippen molar-refractivity contribution in [2.24, 2.45) is 7.05 Å². The maximum Gasteiger partial charge on any atom is 0.242 e. The van der Waals surface area contributed by atoms with E-state index in [1.807, 2.05) is 19.3 Å². The van der Waals surface area contributed by atoms with Gasteiger partial charge in [-0.15, -0.1) is 5.10 Å². The molecule has 5 rings (SSSR count). The van der Waals surface area contributed by atoms with Crippen LogP contribution in [0.5, 0.6) is 0 Å². The summed E-state index contributed by atoms with van der Waals surface area (Å²) in [5.74, 6) is 0.830. The number of amides is 1. The Bertz CT molecular complexity index is 1310. The van der Waals surface area contributed by atoms with Crippen molar-refractivity contribution in [3.63, 3.8) is 0 Å². The summed E-state index contributed by atoms with van der Waals surface area (Å²) in [6.45, 7) is 0.678. The number of carbonyl (C=O) groups is 1. The number of carbonyl (C=O) groups excluding carboxylic acids is 1. The molecule has 1 amide bonds. The molecular formula is C20H19N9O. The van der Waals surface area contributed by atoms with Crippen molar-refractivity contribution in [3.05, 3.63) is 36.2 Å². The molecule has 1 aliphatic rings. The smallest absolute Gasteiger partial charge is 0.242 e. The third-order valence-electron chi connectivity index (χ3n) is 5.22. The molecule has 0 spiro atoms. The van der Waals surface area contributed by atoms with E-state index in [0.717, 1.165) is 18.4 Å². The van der Waals surface area contributed by atoms with E-state index in [1.165, 1.54) is 0 Å². The molecule has 4 heterocycles. The van der Waals surface area contributed by atoms with Crippen molar-refractivity contribution in [1.29, 1.82) is 5.26 Å². The Labute approximate surface area is 171 Å². The van der Waals surface area contributed by atoms with E-state index in [9.17, 15) is 10.1 Å². The van der Waals surface area contributed by atoms with Gasteiger partial charge >= 0.3 is 0 Å². The Morgan fingerprint density at radius 3 is 3.00 bits per heavy atom. The third-order valence-corrected chi connectivity index (χ3v) is 5.22. The van der Waals surface area contributed by atoms with Crippen LogP contribution in [0.3, 0.4) is 0 Å². The number of aromatic nitrogens is 6. The second-order valence-corrected chi connectivity index (χ2v) is 7.30. The van der Waals surface area contributed by atoms with Crippen LogP contribution in [0.25, 0.3) is 27.9 Å². The number of nitrogens with zero attached hydrogens (tertiary/aromatic N) is 7. The fraction of sp³-hybridized carbons (Fsp3) is 0.300. The molecule has 2 N–H and O–H groups in total. The number of anilines is 1. The summed E-state index contributed by atoms with van der Waals surface area (Å²) in [4.78, 5) is 21.8. The number of aryl methyl sites for hydroxylation is 1. The highest BCUT2D eigenvalue weighted by atomic mass is 16.2. The zero-order chi connectivity index (χ0) is 20.7. The van der Waals surface area contributed by atoms with E-state index in [1.54, 1.807) is 27.5 Å². The minimum Gasteiger partial charge on any atom is -0.354 e. The van der Waals surface area contributed by atoms with Crippen LogP contribution in [0.4, 0.5) is 5.95 Å². The first-order valence-corrected chi connectivity index (χ1v) is 9.77. The van der Waals surface area contributed by atoms with Crippen molar-refractivity contribution in [1.82, 2.24) is 34.7 Å². The highest BCUT2D eigenvalue weighted by Crippen LogP contribution is 2.27. The summed E-state index contributed by atoms with van der Waals surface area (Å²) in [5.41, 5.74) is 2.34. The lowest BCUT2D eigenvalue weighted by atomic mass is 10.1. The lowest BCUT2D eigenvalue weighted by Gasteiger charge is -2.16. The summed E-state index contributed by atoms with van der Waals surface area (Å²) in [5, 5.41) is 25.2. The van der Waals surface area contributed by atoms with Gasteiger partial charge in [0.25, 0.3) is 0 Å². The summed E-state index contributed by atoms with van der Waals surface area (Å²) in [7, 11) is 1.82. The van der Waals surface area contributed by atoms with E-state index >= 15 is 0 Å². The first kappa shape index (κ1) is 18.1. The Hall–Kier alpha value is -4.00. The van der Waals surface area contributed by atoms with Crippen LogP contribution < -0.4 is 10.6 Å². The lowest BCUT2D eigenvalue weighted by Crippen LogP contribution is -2.38. The summed E-state index contributed by atoms with van der Waals surface area (Å²) in [6.07, 6.45) is 6.09.